The summed E-state index contributed by atoms with van der Waals surface area (Å²) >= 11 is 0. The zero-order valence-corrected chi connectivity index (χ0v) is 17.8. The van der Waals surface area contributed by atoms with Gasteiger partial charge in [-0.25, -0.2) is 9.97 Å². The lowest BCUT2D eigenvalue weighted by molar-refractivity contribution is 0.0946. The van der Waals surface area contributed by atoms with Crippen LogP contribution in [0.2, 0.25) is 0 Å². The Balaban J connectivity index is 1.20. The zero-order chi connectivity index (χ0) is 20.8. The largest absolute Gasteiger partial charge is 0.367 e. The second kappa shape index (κ2) is 10.00. The van der Waals surface area contributed by atoms with E-state index in [0.29, 0.717) is 18.3 Å². The number of fused-ring (bicyclic) bond motifs is 1. The maximum absolute atomic E-state index is 12.5. The molecule has 0 bridgehead atoms. The molecule has 7 nitrogen and oxygen atoms in total. The Hall–Kier alpha value is -2.51. The lowest BCUT2D eigenvalue weighted by atomic mass is 10.00. The predicted molar refractivity (Wildman–Crippen MR) is 119 cm³/mol. The molecule has 2 aliphatic heterocycles. The fourth-order valence-electron chi connectivity index (χ4n) is 4.26. The van der Waals surface area contributed by atoms with Crippen molar-refractivity contribution >= 4 is 11.7 Å². The molecular weight excluding hydrogens is 376 g/mol. The Morgan fingerprint density at radius 3 is 2.77 bits per heavy atom. The second-order valence-electron chi connectivity index (χ2n) is 8.41. The van der Waals surface area contributed by atoms with E-state index < -0.39 is 0 Å². The number of amides is 1. The smallest absolute Gasteiger partial charge is 0.270 e. The van der Waals surface area contributed by atoms with Gasteiger partial charge >= 0.3 is 0 Å². The van der Waals surface area contributed by atoms with E-state index in [-0.39, 0.29) is 5.91 Å². The summed E-state index contributed by atoms with van der Waals surface area (Å²) in [7, 11) is 2.15. The van der Waals surface area contributed by atoms with E-state index >= 15 is 0 Å². The molecule has 1 fully saturated rings. The van der Waals surface area contributed by atoms with E-state index in [9.17, 15) is 4.79 Å². The molecule has 0 radical (unpaired) electrons. The van der Waals surface area contributed by atoms with Crippen molar-refractivity contribution in [3.63, 3.8) is 0 Å². The maximum atomic E-state index is 12.5. The molecule has 0 atom stereocenters. The van der Waals surface area contributed by atoms with Crippen LogP contribution in [0, 0.1) is 0 Å². The van der Waals surface area contributed by atoms with Gasteiger partial charge in [0.15, 0.2) is 0 Å². The third-order valence-electron chi connectivity index (χ3n) is 6.12. The van der Waals surface area contributed by atoms with Gasteiger partial charge in [-0.1, -0.05) is 24.3 Å². The number of hydrogen-bond donors (Lipinski definition) is 2. The van der Waals surface area contributed by atoms with E-state index in [1.165, 1.54) is 17.5 Å². The topological polar surface area (TPSA) is 73.4 Å². The van der Waals surface area contributed by atoms with E-state index in [1.807, 2.05) is 0 Å². The van der Waals surface area contributed by atoms with Crippen LogP contribution in [0.25, 0.3) is 0 Å². The molecular formula is C23H32N6O. The van der Waals surface area contributed by atoms with Crippen molar-refractivity contribution in [2.24, 2.45) is 0 Å². The van der Waals surface area contributed by atoms with Crippen molar-refractivity contribution in [3.8, 4) is 0 Å². The molecule has 30 heavy (non-hydrogen) atoms. The monoisotopic (exact) mass is 408 g/mol. The lowest BCUT2D eigenvalue weighted by Gasteiger charge is -2.29. The summed E-state index contributed by atoms with van der Waals surface area (Å²) in [6.07, 6.45) is 5.68. The van der Waals surface area contributed by atoms with Crippen molar-refractivity contribution < 1.29 is 4.79 Å². The van der Waals surface area contributed by atoms with Crippen LogP contribution in [-0.2, 0) is 13.0 Å². The molecule has 2 aliphatic rings. The summed E-state index contributed by atoms with van der Waals surface area (Å²) < 4.78 is 0. The summed E-state index contributed by atoms with van der Waals surface area (Å²) in [4.78, 5) is 25.7. The minimum atomic E-state index is -0.132. The molecule has 0 spiro atoms. The number of nitrogens with zero attached hydrogens (tertiary/aromatic N) is 4. The highest BCUT2D eigenvalue weighted by atomic mass is 16.1. The standard InChI is InChI=1S/C23H32N6O/c1-28-12-8-20(9-13-28)27-22-15-21(25-17-26-22)23(30)24-10-4-11-29-14-7-18-5-2-3-6-19(18)16-29/h2-3,5-6,15,17,20H,4,7-14,16H2,1H3,(H,24,30)(H,25,26,27). The van der Waals surface area contributed by atoms with Crippen molar-refractivity contribution in [2.45, 2.75) is 38.3 Å². The summed E-state index contributed by atoms with van der Waals surface area (Å²) in [5.74, 6) is 0.601. The summed E-state index contributed by atoms with van der Waals surface area (Å²) in [5.41, 5.74) is 3.32. The average molecular weight is 409 g/mol. The van der Waals surface area contributed by atoms with Gasteiger partial charge < -0.3 is 15.5 Å². The maximum Gasteiger partial charge on any atom is 0.270 e. The normalized spacial score (nSPS) is 18.0. The fraction of sp³-hybridized carbons (Fsp3) is 0.522. The molecule has 4 rings (SSSR count). The van der Waals surface area contributed by atoms with Crippen molar-refractivity contribution in [2.75, 3.05) is 45.1 Å². The Bertz CT molecular complexity index is 849. The van der Waals surface area contributed by atoms with Gasteiger partial charge in [0.2, 0.25) is 0 Å². The zero-order valence-electron chi connectivity index (χ0n) is 17.8. The van der Waals surface area contributed by atoms with Gasteiger partial charge in [0, 0.05) is 38.3 Å². The van der Waals surface area contributed by atoms with Crippen LogP contribution in [0.5, 0.6) is 0 Å². The molecule has 0 aliphatic carbocycles. The Labute approximate surface area is 178 Å². The number of rotatable bonds is 7. The molecule has 1 aromatic heterocycles. The number of anilines is 1. The molecule has 1 saturated heterocycles. The average Bonchev–Trinajstić information content (AvgIpc) is 2.78. The third kappa shape index (κ3) is 5.55. The fourth-order valence-corrected chi connectivity index (χ4v) is 4.26. The van der Waals surface area contributed by atoms with Gasteiger partial charge in [-0.15, -0.1) is 0 Å². The number of carbonyl (C=O) groups excluding carboxylic acids is 1. The molecule has 2 N–H and O–H groups in total. The van der Waals surface area contributed by atoms with Crippen LogP contribution in [-0.4, -0.2) is 71.5 Å². The SMILES string of the molecule is CN1CCC(Nc2cc(C(=O)NCCCN3CCc4ccccc4C3)ncn2)CC1. The Morgan fingerprint density at radius 2 is 1.93 bits per heavy atom. The second-order valence-corrected chi connectivity index (χ2v) is 8.41. The van der Waals surface area contributed by atoms with Crippen molar-refractivity contribution in [1.29, 1.82) is 0 Å². The highest BCUT2D eigenvalue weighted by Crippen LogP contribution is 2.18. The van der Waals surface area contributed by atoms with Crippen LogP contribution in [0.1, 0.15) is 40.9 Å². The lowest BCUT2D eigenvalue weighted by Crippen LogP contribution is -2.37. The van der Waals surface area contributed by atoms with E-state index in [1.54, 1.807) is 6.07 Å². The van der Waals surface area contributed by atoms with E-state index in [0.717, 1.165) is 64.2 Å². The van der Waals surface area contributed by atoms with Gasteiger partial charge in [-0.05, 0) is 56.9 Å². The minimum absolute atomic E-state index is 0.132. The van der Waals surface area contributed by atoms with Gasteiger partial charge in [0.25, 0.3) is 5.91 Å². The number of carbonyl (C=O) groups is 1. The number of nitrogens with one attached hydrogen (secondary N) is 2. The molecule has 1 aromatic carbocycles. The molecule has 1 amide bonds. The first-order valence-corrected chi connectivity index (χ1v) is 11.0. The first-order chi connectivity index (χ1) is 14.7. The summed E-state index contributed by atoms with van der Waals surface area (Å²) in [6, 6.07) is 10.8. The highest BCUT2D eigenvalue weighted by molar-refractivity contribution is 5.92. The van der Waals surface area contributed by atoms with Crippen LogP contribution in [0.15, 0.2) is 36.7 Å². The van der Waals surface area contributed by atoms with Crippen LogP contribution in [0.4, 0.5) is 5.82 Å². The first kappa shape index (κ1) is 20.8. The number of likely N-dealkylation sites (tertiary alicyclic amines) is 1. The van der Waals surface area contributed by atoms with Gasteiger partial charge in [0.05, 0.1) is 0 Å². The van der Waals surface area contributed by atoms with Crippen LogP contribution >= 0.6 is 0 Å². The first-order valence-electron chi connectivity index (χ1n) is 11.0. The molecule has 0 saturated carbocycles. The van der Waals surface area contributed by atoms with E-state index in [2.05, 4.69) is 61.7 Å². The number of hydrogen-bond acceptors (Lipinski definition) is 6. The summed E-state index contributed by atoms with van der Waals surface area (Å²) in [5, 5.41) is 6.45. The third-order valence-corrected chi connectivity index (χ3v) is 6.12. The van der Waals surface area contributed by atoms with Crippen molar-refractivity contribution in [3.05, 3.63) is 53.5 Å². The van der Waals surface area contributed by atoms with Gasteiger partial charge in [0.1, 0.15) is 17.8 Å². The molecule has 160 valence electrons. The van der Waals surface area contributed by atoms with Crippen molar-refractivity contribution in [1.82, 2.24) is 25.1 Å². The highest BCUT2D eigenvalue weighted by Gasteiger charge is 2.18. The van der Waals surface area contributed by atoms with Crippen LogP contribution in [0.3, 0.4) is 0 Å². The van der Waals surface area contributed by atoms with Crippen LogP contribution < -0.4 is 10.6 Å². The molecule has 0 unspecified atom stereocenters. The quantitative estimate of drug-likeness (QED) is 0.684. The minimum Gasteiger partial charge on any atom is -0.367 e. The molecule has 2 aromatic rings. The number of aromatic nitrogens is 2. The Kier molecular flexibility index (Phi) is 6.92. The number of piperidine rings is 1. The van der Waals surface area contributed by atoms with E-state index in [4.69, 9.17) is 0 Å². The molecule has 7 heteroatoms. The van der Waals surface area contributed by atoms with Gasteiger partial charge in [-0.2, -0.15) is 0 Å². The predicted octanol–water partition coefficient (Wildman–Crippen LogP) is 2.16. The Morgan fingerprint density at radius 1 is 1.13 bits per heavy atom. The van der Waals surface area contributed by atoms with Gasteiger partial charge in [-0.3, -0.25) is 9.69 Å². The summed E-state index contributed by atoms with van der Waals surface area (Å²) in [6.45, 7) is 5.89. The molecule has 3 heterocycles. The number of benzene rings is 1.